The van der Waals surface area contributed by atoms with Crippen LogP contribution in [0.2, 0.25) is 0 Å². The minimum atomic E-state index is -0.996. The van der Waals surface area contributed by atoms with Crippen LogP contribution in [0.25, 0.3) is 0 Å². The molecule has 3 heterocycles. The van der Waals surface area contributed by atoms with Crippen molar-refractivity contribution in [2.24, 2.45) is 0 Å². The molecule has 0 spiro atoms. The molecule has 262 valence electrons. The minimum absolute atomic E-state index is 0.0149. The van der Waals surface area contributed by atoms with Gasteiger partial charge in [0, 0.05) is 30.3 Å². The zero-order valence-electron chi connectivity index (χ0n) is 28.4. The van der Waals surface area contributed by atoms with E-state index in [9.17, 15) is 24.0 Å². The lowest BCUT2D eigenvalue weighted by molar-refractivity contribution is -0.136. The summed E-state index contributed by atoms with van der Waals surface area (Å²) in [6.07, 6.45) is 2.36. The molecule has 1 aromatic heterocycles. The Bertz CT molecular complexity index is 1980. The van der Waals surface area contributed by atoms with Crippen molar-refractivity contribution in [2.45, 2.75) is 51.2 Å². The quantitative estimate of drug-likeness (QED) is 0.116. The van der Waals surface area contributed by atoms with E-state index in [1.165, 1.54) is 13.3 Å². The fourth-order valence-corrected chi connectivity index (χ4v) is 6.00. The number of nitrogens with one attached hydrogen (secondary N) is 2. The minimum Gasteiger partial charge on any atom is -0.494 e. The van der Waals surface area contributed by atoms with Crippen LogP contribution < -0.4 is 20.1 Å². The molecule has 1 unspecified atom stereocenters. The molecule has 0 bridgehead atoms. The van der Waals surface area contributed by atoms with E-state index in [1.807, 2.05) is 48.5 Å². The van der Waals surface area contributed by atoms with Crippen LogP contribution in [0, 0.1) is 0 Å². The topological polar surface area (TPSA) is 166 Å². The van der Waals surface area contributed by atoms with E-state index in [0.29, 0.717) is 36.7 Å². The Morgan fingerprint density at radius 3 is 2.24 bits per heavy atom. The maximum atomic E-state index is 13.1. The van der Waals surface area contributed by atoms with Gasteiger partial charge < -0.3 is 19.5 Å². The molecule has 6 rings (SSSR count). The highest BCUT2D eigenvalue weighted by Gasteiger charge is 2.44. The molecule has 2 N–H and O–H groups in total. The third-order valence-corrected chi connectivity index (χ3v) is 8.98. The molecule has 51 heavy (non-hydrogen) atoms. The Hall–Kier alpha value is -6.11. The number of hydrogen-bond acceptors (Lipinski definition) is 11. The third kappa shape index (κ3) is 7.57. The van der Waals surface area contributed by atoms with Gasteiger partial charge in [0.05, 0.1) is 30.5 Å². The number of methoxy groups -OCH3 is 1. The number of imide groups is 2. The summed E-state index contributed by atoms with van der Waals surface area (Å²) in [5, 5.41) is 5.47. The van der Waals surface area contributed by atoms with Crippen LogP contribution >= 0.6 is 0 Å². The fraction of sp³-hybridized carbons (Fsp3) is 0.289. The fourth-order valence-electron chi connectivity index (χ4n) is 6.00. The van der Waals surface area contributed by atoms with Crippen molar-refractivity contribution in [1.82, 2.24) is 20.2 Å². The molecule has 3 aromatic carbocycles. The Morgan fingerprint density at radius 2 is 1.57 bits per heavy atom. The van der Waals surface area contributed by atoms with Crippen molar-refractivity contribution in [3.8, 4) is 11.5 Å². The summed E-state index contributed by atoms with van der Waals surface area (Å²) < 4.78 is 16.5. The van der Waals surface area contributed by atoms with Crippen molar-refractivity contribution in [3.63, 3.8) is 0 Å². The van der Waals surface area contributed by atoms with Crippen molar-refractivity contribution < 1.29 is 38.2 Å². The summed E-state index contributed by atoms with van der Waals surface area (Å²) in [7, 11) is 1.28. The number of carbonyl (C=O) groups excluding carboxylic acids is 5. The number of rotatable bonds is 13. The van der Waals surface area contributed by atoms with Crippen LogP contribution in [-0.4, -0.2) is 70.8 Å². The van der Waals surface area contributed by atoms with Crippen LogP contribution in [0.15, 0.2) is 79.0 Å². The van der Waals surface area contributed by atoms with E-state index in [1.54, 1.807) is 24.3 Å². The Morgan fingerprint density at radius 1 is 0.902 bits per heavy atom. The van der Waals surface area contributed by atoms with Crippen LogP contribution in [0.4, 0.5) is 5.69 Å². The van der Waals surface area contributed by atoms with Gasteiger partial charge in [-0.2, -0.15) is 0 Å². The molecular weight excluding hydrogens is 654 g/mol. The van der Waals surface area contributed by atoms with Crippen LogP contribution in [-0.2, 0) is 26.3 Å². The highest BCUT2D eigenvalue weighted by Crippen LogP contribution is 2.34. The van der Waals surface area contributed by atoms with Gasteiger partial charge >= 0.3 is 5.97 Å². The van der Waals surface area contributed by atoms with Crippen molar-refractivity contribution in [2.75, 3.05) is 25.6 Å². The number of carbonyl (C=O) groups is 5. The number of hydrogen-bond donors (Lipinski definition) is 2. The lowest BCUT2D eigenvalue weighted by atomic mass is 9.78. The molecule has 13 heteroatoms. The van der Waals surface area contributed by atoms with E-state index in [2.05, 4.69) is 39.2 Å². The molecule has 0 saturated carbocycles. The first-order valence-electron chi connectivity index (χ1n) is 16.5. The maximum Gasteiger partial charge on any atom is 0.376 e. The molecule has 1 fully saturated rings. The molecule has 13 nitrogen and oxygen atoms in total. The molecule has 1 saturated heterocycles. The molecule has 0 radical (unpaired) electrons. The number of amides is 4. The van der Waals surface area contributed by atoms with Gasteiger partial charge in [0.2, 0.25) is 17.6 Å². The normalized spacial score (nSPS) is 15.7. The van der Waals surface area contributed by atoms with E-state index in [-0.39, 0.29) is 41.8 Å². The van der Waals surface area contributed by atoms with E-state index in [4.69, 9.17) is 9.47 Å². The highest BCUT2D eigenvalue weighted by atomic mass is 16.5. The highest BCUT2D eigenvalue weighted by molar-refractivity contribution is 6.23. The number of benzene rings is 3. The summed E-state index contributed by atoms with van der Waals surface area (Å²) in [5.41, 5.74) is 3.63. The Kier molecular flexibility index (Phi) is 10.1. The zero-order chi connectivity index (χ0) is 36.1. The molecule has 2 aliphatic heterocycles. The number of nitrogens with zero attached hydrogens (tertiary/aromatic N) is 3. The standard InChI is InChI=1S/C38H37N5O8/c1-38(2,24-7-12-28(13-8-24)51-22-26-17-19-40-33(41-26)37(48)49-3)23-5-10-27(11-6-23)50-20-4-18-39-25-9-14-29-30(21-25)36(47)43(35(29)46)31-15-16-32(44)42-34(31)45/h5-14,17,19,21,31,39H,4,15-16,18,20,22H2,1-3H3,(H,42,44,45). The zero-order valence-corrected chi connectivity index (χ0v) is 28.4. The molecule has 4 aromatic rings. The van der Waals surface area contributed by atoms with Gasteiger partial charge in [0.25, 0.3) is 11.8 Å². The second kappa shape index (κ2) is 14.8. The Labute approximate surface area is 294 Å². The molecule has 4 amide bonds. The average molecular weight is 692 g/mol. The predicted molar refractivity (Wildman–Crippen MR) is 184 cm³/mol. The lowest BCUT2D eigenvalue weighted by Gasteiger charge is -2.27. The largest absolute Gasteiger partial charge is 0.494 e. The first-order chi connectivity index (χ1) is 24.5. The SMILES string of the molecule is COC(=O)c1nccc(COc2ccc(C(C)(C)c3ccc(OCCCNc4ccc5c(c4)C(=O)N(C4CCC(=O)NC4=O)C5=O)cc3)cc2)n1. The number of esters is 1. The van der Waals surface area contributed by atoms with Gasteiger partial charge in [-0.15, -0.1) is 0 Å². The van der Waals surface area contributed by atoms with Crippen molar-refractivity contribution in [1.29, 1.82) is 0 Å². The van der Waals surface area contributed by atoms with Crippen LogP contribution in [0.5, 0.6) is 11.5 Å². The lowest BCUT2D eigenvalue weighted by Crippen LogP contribution is -2.54. The first kappa shape index (κ1) is 34.7. The van der Waals surface area contributed by atoms with Crippen LogP contribution in [0.3, 0.4) is 0 Å². The van der Waals surface area contributed by atoms with E-state index < -0.39 is 35.6 Å². The second-order valence-electron chi connectivity index (χ2n) is 12.7. The summed E-state index contributed by atoms with van der Waals surface area (Å²) in [6, 6.07) is 21.5. The average Bonchev–Trinajstić information content (AvgIpc) is 3.38. The number of anilines is 1. The van der Waals surface area contributed by atoms with Crippen LogP contribution in [0.1, 0.15) is 81.3 Å². The molecule has 1 atom stereocenters. The monoisotopic (exact) mass is 691 g/mol. The first-order valence-corrected chi connectivity index (χ1v) is 16.5. The van der Waals surface area contributed by atoms with Crippen molar-refractivity contribution >= 4 is 35.3 Å². The van der Waals surface area contributed by atoms with Gasteiger partial charge in [-0.25, -0.2) is 14.8 Å². The Balaban J connectivity index is 0.963. The van der Waals surface area contributed by atoms with Gasteiger partial charge in [-0.05, 0) is 72.5 Å². The molecular formula is C38H37N5O8. The van der Waals surface area contributed by atoms with Gasteiger partial charge in [-0.1, -0.05) is 38.1 Å². The maximum absolute atomic E-state index is 13.1. The van der Waals surface area contributed by atoms with Gasteiger partial charge in [0.15, 0.2) is 0 Å². The summed E-state index contributed by atoms with van der Waals surface area (Å²) in [6.45, 7) is 5.50. The number of aromatic nitrogens is 2. The molecule has 0 aliphatic carbocycles. The summed E-state index contributed by atoms with van der Waals surface area (Å²) >= 11 is 0. The van der Waals surface area contributed by atoms with Crippen molar-refractivity contribution in [3.05, 3.63) is 113 Å². The van der Waals surface area contributed by atoms with E-state index in [0.717, 1.165) is 21.8 Å². The van der Waals surface area contributed by atoms with E-state index >= 15 is 0 Å². The number of fused-ring (bicyclic) bond motifs is 1. The summed E-state index contributed by atoms with van der Waals surface area (Å²) in [5.74, 6) is -1.32. The van der Waals surface area contributed by atoms with Gasteiger partial charge in [0.1, 0.15) is 24.1 Å². The summed E-state index contributed by atoms with van der Waals surface area (Å²) in [4.78, 5) is 70.5. The molecule has 2 aliphatic rings. The third-order valence-electron chi connectivity index (χ3n) is 8.98. The number of ether oxygens (including phenoxy) is 3. The second-order valence-corrected chi connectivity index (χ2v) is 12.7. The number of piperidine rings is 1. The van der Waals surface area contributed by atoms with Gasteiger partial charge in [-0.3, -0.25) is 29.4 Å². The smallest absolute Gasteiger partial charge is 0.376 e. The predicted octanol–water partition coefficient (Wildman–Crippen LogP) is 4.45.